The molecule has 66 heavy (non-hydrogen) atoms. The smallest absolute Gasteiger partial charge is 0.248 e. The minimum atomic E-state index is -2.34. The molecule has 0 aromatic heterocycles. The van der Waals surface area contributed by atoms with E-state index in [2.05, 4.69) is 10.6 Å². The van der Waals surface area contributed by atoms with Crippen molar-refractivity contribution in [3.8, 4) is 0 Å². The third kappa shape index (κ3) is 8.48. The van der Waals surface area contributed by atoms with Crippen LogP contribution in [0.4, 0.5) is 14.5 Å². The second kappa shape index (κ2) is 18.9. The molecule has 2 aromatic rings. The Bertz CT molecular complexity index is 2310. The molecule has 2 aromatic carbocycles. The maximum atomic E-state index is 17.7. The number of halogens is 2. The van der Waals surface area contributed by atoms with Gasteiger partial charge in [-0.15, -0.1) is 0 Å². The van der Waals surface area contributed by atoms with Crippen LogP contribution in [0.3, 0.4) is 0 Å². The second-order valence-electron chi connectivity index (χ2n) is 18.5. The Hall–Kier alpha value is -5.01. The summed E-state index contributed by atoms with van der Waals surface area (Å²) in [6.07, 6.45) is 0.495. The summed E-state index contributed by atoms with van der Waals surface area (Å²) < 4.78 is 57.8. The third-order valence-electron chi connectivity index (χ3n) is 14.8. The molecule has 3 saturated carbocycles. The van der Waals surface area contributed by atoms with Crippen LogP contribution in [-0.4, -0.2) is 132 Å². The van der Waals surface area contributed by atoms with Gasteiger partial charge in [-0.1, -0.05) is 49.4 Å². The number of hydrogen-bond donors (Lipinski definition) is 5. The predicted octanol–water partition coefficient (Wildman–Crippen LogP) is 3.51. The molecule has 0 spiro atoms. The van der Waals surface area contributed by atoms with Gasteiger partial charge in [-0.3, -0.25) is 24.0 Å². The van der Waals surface area contributed by atoms with Crippen molar-refractivity contribution in [1.82, 2.24) is 10.2 Å². The summed E-state index contributed by atoms with van der Waals surface area (Å²) in [5.41, 5.74) is -3.78. The van der Waals surface area contributed by atoms with Crippen molar-refractivity contribution >= 4 is 35.0 Å². The Kier molecular flexibility index (Phi) is 13.6. The maximum Gasteiger partial charge on any atom is 0.248 e. The lowest BCUT2D eigenvalue weighted by atomic mass is 9.44. The molecule has 11 atom stereocenters. The van der Waals surface area contributed by atoms with Crippen LogP contribution in [0.25, 0.3) is 0 Å². The monoisotopic (exact) mass is 917 g/mol. The molecule has 5 N–H and O–H groups in total. The van der Waals surface area contributed by atoms with E-state index < -0.39 is 83.0 Å². The largest absolute Gasteiger partial charge is 0.390 e. The van der Waals surface area contributed by atoms with Gasteiger partial charge in [0, 0.05) is 53.6 Å². The van der Waals surface area contributed by atoms with Gasteiger partial charge in [0.25, 0.3) is 0 Å². The average molecular weight is 918 g/mol. The number of alkyl halides is 2. The van der Waals surface area contributed by atoms with Crippen LogP contribution >= 0.6 is 0 Å². The Balaban J connectivity index is 0.801. The van der Waals surface area contributed by atoms with Gasteiger partial charge in [0.1, 0.15) is 19.0 Å². The Labute approximate surface area is 381 Å². The zero-order chi connectivity index (χ0) is 47.0. The van der Waals surface area contributed by atoms with Crippen LogP contribution in [0.1, 0.15) is 68.9 Å². The molecular formula is C49H57F2N3O12. The van der Waals surface area contributed by atoms with E-state index in [4.69, 9.17) is 18.9 Å². The van der Waals surface area contributed by atoms with Gasteiger partial charge in [-0.25, -0.2) is 8.78 Å². The van der Waals surface area contributed by atoms with Gasteiger partial charge in [0.05, 0.1) is 45.1 Å². The number of hydrogen-bond acceptors (Lipinski definition) is 12. The number of nitrogens with zero attached hydrogens (tertiary/aromatic N) is 1. The molecule has 354 valence electrons. The lowest BCUT2D eigenvalue weighted by molar-refractivity contribution is -0.235. The number of carbonyl (C=O) groups is 5. The molecule has 17 heteroatoms. The molecule has 2 heterocycles. The van der Waals surface area contributed by atoms with Crippen molar-refractivity contribution in [2.75, 3.05) is 51.4 Å². The predicted molar refractivity (Wildman–Crippen MR) is 233 cm³/mol. The molecular weight excluding hydrogens is 861 g/mol. The van der Waals surface area contributed by atoms with Gasteiger partial charge in [-0.2, -0.15) is 0 Å². The van der Waals surface area contributed by atoms with Crippen molar-refractivity contribution in [2.24, 2.45) is 22.7 Å². The van der Waals surface area contributed by atoms with Crippen molar-refractivity contribution in [2.45, 2.75) is 94.5 Å². The van der Waals surface area contributed by atoms with Gasteiger partial charge >= 0.3 is 0 Å². The first-order valence-electron chi connectivity index (χ1n) is 22.5. The zero-order valence-corrected chi connectivity index (χ0v) is 37.0. The summed E-state index contributed by atoms with van der Waals surface area (Å²) in [5.74, 6) is -3.60. The number of ketones is 2. The highest BCUT2D eigenvalue weighted by Crippen LogP contribution is 2.72. The Morgan fingerprint density at radius 2 is 1.68 bits per heavy atom. The number of amides is 3. The quantitative estimate of drug-likeness (QED) is 0.136. The number of rotatable bonds is 18. The normalized spacial score (nSPS) is 34.1. The van der Waals surface area contributed by atoms with Gasteiger partial charge in [0.2, 0.25) is 17.7 Å². The summed E-state index contributed by atoms with van der Waals surface area (Å²) in [5, 5.41) is 37.4. The van der Waals surface area contributed by atoms with Crippen LogP contribution in [-0.2, 0) is 49.3 Å². The van der Waals surface area contributed by atoms with E-state index in [1.165, 1.54) is 36.1 Å². The number of anilines is 1. The first kappa shape index (κ1) is 47.5. The first-order chi connectivity index (χ1) is 31.5. The van der Waals surface area contributed by atoms with Gasteiger partial charge in [-0.05, 0) is 85.6 Å². The number of Topliss-reactive ketones (excluding diaryl/α,β-unsaturated/α-hetero) is 1. The second-order valence-corrected chi connectivity index (χ2v) is 18.5. The number of allylic oxidation sites excluding steroid dienone is 4. The SMILES string of the molecule is C[C@]12C=CC(=O)C=C1[C@@H](F)C[C@H]1[C@@H]3C[C@H]4OC(c5ccc(Cc6cccc(NC(=O)CCOCCOCCNC(=O)CCN7C(=O)C=CC7O)c6)cc5)O[C@@]4(C(=O)CO)[C@@]3(C)C[C@H](O)[C@@]12F. The van der Waals surface area contributed by atoms with E-state index in [1.807, 2.05) is 42.5 Å². The fourth-order valence-corrected chi connectivity index (χ4v) is 11.5. The topological polar surface area (TPSA) is 210 Å². The van der Waals surface area contributed by atoms with E-state index in [9.17, 15) is 39.3 Å². The van der Waals surface area contributed by atoms with Crippen LogP contribution in [0.2, 0.25) is 0 Å². The molecule has 2 aliphatic heterocycles. The number of nitrogens with one attached hydrogen (secondary N) is 2. The molecule has 3 amide bonds. The van der Waals surface area contributed by atoms with Crippen LogP contribution in [0, 0.1) is 22.7 Å². The number of carbonyl (C=O) groups excluding carboxylic acids is 5. The van der Waals surface area contributed by atoms with E-state index in [1.54, 1.807) is 13.0 Å². The fraction of sp³-hybridized carbons (Fsp3) is 0.531. The fourth-order valence-electron chi connectivity index (χ4n) is 11.5. The summed E-state index contributed by atoms with van der Waals surface area (Å²) in [4.78, 5) is 63.6. The molecule has 4 aliphatic carbocycles. The Morgan fingerprint density at radius 3 is 2.41 bits per heavy atom. The summed E-state index contributed by atoms with van der Waals surface area (Å²) >= 11 is 0. The molecule has 8 rings (SSSR count). The molecule has 15 nitrogen and oxygen atoms in total. The number of fused-ring (bicyclic) bond motifs is 7. The highest BCUT2D eigenvalue weighted by molar-refractivity contribution is 6.01. The van der Waals surface area contributed by atoms with Crippen molar-refractivity contribution < 1.29 is 67.0 Å². The Morgan fingerprint density at radius 1 is 0.924 bits per heavy atom. The lowest BCUT2D eigenvalue weighted by Crippen LogP contribution is -2.70. The van der Waals surface area contributed by atoms with E-state index >= 15 is 8.78 Å². The minimum Gasteiger partial charge on any atom is -0.390 e. The highest BCUT2D eigenvalue weighted by atomic mass is 19.1. The van der Waals surface area contributed by atoms with Crippen LogP contribution < -0.4 is 10.6 Å². The highest BCUT2D eigenvalue weighted by Gasteiger charge is 2.80. The standard InChI is InChI=1S/C49H57F2N3O12/c1-46-15-12-33(56)24-36(46)37(50)25-35-34-26-40-49(39(58)28-55,47(34,2)27-38(57)48(35,46)51)66-45(65-40)31-8-6-29(7-9-31)22-30-4-3-5-32(23-30)53-42(60)14-18-63-20-21-64-19-16-52-41(59)13-17-54-43(61)10-11-44(54)62/h3-12,15,23-24,34-35,37-38,40,43,45,55,57,61H,13-14,16-22,25-28H2,1-2H3,(H,52,59)(H,53,60)/t34-,35-,37-,38-,40+,43?,45?,46-,47-,48-,49+/m0/s1. The van der Waals surface area contributed by atoms with Crippen molar-refractivity contribution in [3.05, 3.63) is 101 Å². The first-order valence-corrected chi connectivity index (χ1v) is 22.5. The van der Waals surface area contributed by atoms with E-state index in [0.717, 1.165) is 17.2 Å². The molecule has 4 fully saturated rings. The van der Waals surface area contributed by atoms with Gasteiger partial charge in [0.15, 0.2) is 29.1 Å². The lowest BCUT2D eigenvalue weighted by Gasteiger charge is -2.63. The summed E-state index contributed by atoms with van der Waals surface area (Å²) in [7, 11) is 0. The van der Waals surface area contributed by atoms with Crippen LogP contribution in [0.5, 0.6) is 0 Å². The third-order valence-corrected chi connectivity index (χ3v) is 14.8. The van der Waals surface area contributed by atoms with E-state index in [0.29, 0.717) is 17.7 Å². The minimum absolute atomic E-state index is 0.0102. The average Bonchev–Trinajstić information content (AvgIpc) is 3.92. The van der Waals surface area contributed by atoms with Crippen molar-refractivity contribution in [3.63, 3.8) is 0 Å². The molecule has 0 radical (unpaired) electrons. The van der Waals surface area contributed by atoms with Crippen molar-refractivity contribution in [1.29, 1.82) is 0 Å². The molecule has 1 saturated heterocycles. The van der Waals surface area contributed by atoms with Gasteiger partial charge < -0.3 is 49.8 Å². The number of aliphatic hydroxyl groups excluding tert-OH is 3. The van der Waals surface area contributed by atoms with Crippen LogP contribution in [0.15, 0.2) is 84.5 Å². The number of ether oxygens (including phenoxy) is 4. The number of benzene rings is 2. The van der Waals surface area contributed by atoms with E-state index in [-0.39, 0.29) is 94.9 Å². The molecule has 0 bridgehead atoms. The zero-order valence-electron chi connectivity index (χ0n) is 37.0. The molecule has 2 unspecified atom stereocenters. The summed E-state index contributed by atoms with van der Waals surface area (Å²) in [6, 6.07) is 14.9. The number of aliphatic hydroxyl groups is 3. The summed E-state index contributed by atoms with van der Waals surface area (Å²) in [6.45, 7) is 3.74. The molecule has 6 aliphatic rings. The maximum absolute atomic E-state index is 17.7.